The molecule has 0 amide bonds. The monoisotopic (exact) mass is 235 g/mol. The van der Waals surface area contributed by atoms with E-state index in [1.54, 1.807) is 6.07 Å². The van der Waals surface area contributed by atoms with Crippen molar-refractivity contribution in [3.63, 3.8) is 0 Å². The third kappa shape index (κ3) is 1.78. The molecule has 0 bridgehead atoms. The van der Waals surface area contributed by atoms with Gasteiger partial charge in [-0.2, -0.15) is 9.64 Å². The number of nitriles is 1. The van der Waals surface area contributed by atoms with Gasteiger partial charge >= 0.3 is 0 Å². The van der Waals surface area contributed by atoms with Crippen molar-refractivity contribution in [3.05, 3.63) is 28.3 Å². The fraction of sp³-hybridized carbons (Fsp3) is 0.111. The number of aromatic nitrogens is 1. The lowest BCUT2D eigenvalue weighted by molar-refractivity contribution is -0.384. The van der Waals surface area contributed by atoms with Crippen LogP contribution in [0.2, 0.25) is 0 Å². The van der Waals surface area contributed by atoms with E-state index in [-0.39, 0.29) is 18.2 Å². The van der Waals surface area contributed by atoms with Crippen LogP contribution in [0.25, 0.3) is 10.1 Å². The molecular formula is C9H5N3O3S. The number of nitro groups is 1. The zero-order valence-electron chi connectivity index (χ0n) is 7.91. The third-order valence-electron chi connectivity index (χ3n) is 1.90. The standard InChI is InChI=1S/C9H5N3O3S/c10-3-4-15-9-7-5-6(12(13)14)1-2-8(7)16-11-9/h1-2,5H,4H2. The van der Waals surface area contributed by atoms with Crippen molar-refractivity contribution < 1.29 is 9.66 Å². The number of benzene rings is 1. The van der Waals surface area contributed by atoms with E-state index in [0.717, 1.165) is 4.70 Å². The van der Waals surface area contributed by atoms with Gasteiger partial charge in [0.15, 0.2) is 6.61 Å². The Morgan fingerprint density at radius 1 is 1.62 bits per heavy atom. The van der Waals surface area contributed by atoms with Crippen molar-refractivity contribution >= 4 is 27.3 Å². The molecular weight excluding hydrogens is 230 g/mol. The number of non-ortho nitro benzene ring substituents is 1. The summed E-state index contributed by atoms with van der Waals surface area (Å²) < 4.78 is 9.83. The summed E-state index contributed by atoms with van der Waals surface area (Å²) in [5.41, 5.74) is -0.0190. The molecule has 0 radical (unpaired) electrons. The summed E-state index contributed by atoms with van der Waals surface area (Å²) in [4.78, 5) is 10.1. The number of nitrogens with zero attached hydrogens (tertiary/aromatic N) is 3. The molecule has 0 aliphatic rings. The zero-order valence-corrected chi connectivity index (χ0v) is 8.73. The Labute approximate surface area is 94.0 Å². The Kier molecular flexibility index (Phi) is 2.66. The Hall–Kier alpha value is -2.20. The van der Waals surface area contributed by atoms with Gasteiger partial charge in [0, 0.05) is 12.1 Å². The predicted molar refractivity (Wildman–Crippen MR) is 57.4 cm³/mol. The Balaban J connectivity index is 2.48. The summed E-state index contributed by atoms with van der Waals surface area (Å²) in [6, 6.07) is 6.24. The fourth-order valence-electron chi connectivity index (χ4n) is 1.22. The summed E-state index contributed by atoms with van der Waals surface area (Å²) in [7, 11) is 0. The van der Waals surface area contributed by atoms with E-state index >= 15 is 0 Å². The van der Waals surface area contributed by atoms with E-state index in [1.807, 2.05) is 6.07 Å². The van der Waals surface area contributed by atoms with Gasteiger partial charge in [0.2, 0.25) is 5.88 Å². The molecule has 0 N–H and O–H groups in total. The molecule has 16 heavy (non-hydrogen) atoms. The van der Waals surface area contributed by atoms with Gasteiger partial charge in [-0.15, -0.1) is 0 Å². The maximum Gasteiger partial charge on any atom is 0.270 e. The number of ether oxygens (including phenoxy) is 1. The first kappa shape index (κ1) is 10.3. The molecule has 80 valence electrons. The third-order valence-corrected chi connectivity index (χ3v) is 2.71. The fourth-order valence-corrected chi connectivity index (χ4v) is 1.93. The number of rotatable bonds is 3. The van der Waals surface area contributed by atoms with Crippen molar-refractivity contribution in [1.29, 1.82) is 5.26 Å². The van der Waals surface area contributed by atoms with E-state index in [2.05, 4.69) is 4.37 Å². The first-order chi connectivity index (χ1) is 7.72. The summed E-state index contributed by atoms with van der Waals surface area (Å²) in [5, 5.41) is 19.5. The van der Waals surface area contributed by atoms with Crippen LogP contribution in [0.4, 0.5) is 5.69 Å². The Morgan fingerprint density at radius 3 is 3.12 bits per heavy atom. The van der Waals surface area contributed by atoms with E-state index in [4.69, 9.17) is 10.00 Å². The van der Waals surface area contributed by atoms with Crippen molar-refractivity contribution in [3.8, 4) is 11.9 Å². The molecule has 0 fully saturated rings. The molecule has 6 nitrogen and oxygen atoms in total. The van der Waals surface area contributed by atoms with Gasteiger partial charge in [0.1, 0.15) is 6.07 Å². The molecule has 2 rings (SSSR count). The second-order valence-electron chi connectivity index (χ2n) is 2.87. The summed E-state index contributed by atoms with van der Waals surface area (Å²) in [6.07, 6.45) is 0. The number of hydrogen-bond donors (Lipinski definition) is 0. The summed E-state index contributed by atoms with van der Waals surface area (Å²) >= 11 is 1.18. The number of hydrogen-bond acceptors (Lipinski definition) is 6. The summed E-state index contributed by atoms with van der Waals surface area (Å²) in [5.74, 6) is 0.269. The highest BCUT2D eigenvalue weighted by molar-refractivity contribution is 7.13. The molecule has 1 heterocycles. The molecule has 0 saturated carbocycles. The first-order valence-corrected chi connectivity index (χ1v) is 5.03. The van der Waals surface area contributed by atoms with Crippen LogP contribution in [0.3, 0.4) is 0 Å². The average molecular weight is 235 g/mol. The highest BCUT2D eigenvalue weighted by Crippen LogP contribution is 2.31. The second-order valence-corrected chi connectivity index (χ2v) is 3.68. The molecule has 0 unspecified atom stereocenters. The van der Waals surface area contributed by atoms with Crippen molar-refractivity contribution in [1.82, 2.24) is 4.37 Å². The molecule has 0 aliphatic heterocycles. The Bertz CT molecular complexity index is 587. The maximum atomic E-state index is 10.6. The van der Waals surface area contributed by atoms with Gasteiger partial charge in [-0.1, -0.05) is 0 Å². The predicted octanol–water partition coefficient (Wildman–Crippen LogP) is 2.11. The van der Waals surface area contributed by atoms with E-state index in [1.165, 1.54) is 23.7 Å². The number of nitro benzene ring substituents is 1. The molecule has 0 spiro atoms. The van der Waals surface area contributed by atoms with Gasteiger partial charge in [0.05, 0.1) is 15.0 Å². The van der Waals surface area contributed by atoms with E-state index < -0.39 is 4.92 Å². The molecule has 0 aliphatic carbocycles. The highest BCUT2D eigenvalue weighted by Gasteiger charge is 2.12. The molecule has 0 saturated heterocycles. The lowest BCUT2D eigenvalue weighted by atomic mass is 10.2. The largest absolute Gasteiger partial charge is 0.461 e. The SMILES string of the molecule is N#CCOc1nsc2ccc([N+](=O)[O-])cc12. The molecule has 7 heteroatoms. The van der Waals surface area contributed by atoms with Crippen LogP contribution in [-0.4, -0.2) is 15.9 Å². The van der Waals surface area contributed by atoms with Crippen molar-refractivity contribution in [2.24, 2.45) is 0 Å². The maximum absolute atomic E-state index is 10.6. The van der Waals surface area contributed by atoms with Crippen LogP contribution in [0.1, 0.15) is 0 Å². The Morgan fingerprint density at radius 2 is 2.44 bits per heavy atom. The lowest BCUT2D eigenvalue weighted by Crippen LogP contribution is -1.93. The van der Waals surface area contributed by atoms with Gasteiger partial charge < -0.3 is 4.74 Å². The minimum atomic E-state index is -0.481. The van der Waals surface area contributed by atoms with Gasteiger partial charge in [-0.05, 0) is 17.6 Å². The minimum Gasteiger partial charge on any atom is -0.461 e. The van der Waals surface area contributed by atoms with E-state index in [9.17, 15) is 10.1 Å². The summed E-state index contributed by atoms with van der Waals surface area (Å²) in [6.45, 7) is -0.123. The van der Waals surface area contributed by atoms with Crippen LogP contribution in [0, 0.1) is 21.4 Å². The van der Waals surface area contributed by atoms with Crippen LogP contribution in [-0.2, 0) is 0 Å². The van der Waals surface area contributed by atoms with Crippen LogP contribution >= 0.6 is 11.5 Å². The van der Waals surface area contributed by atoms with Crippen LogP contribution in [0.5, 0.6) is 5.88 Å². The number of fused-ring (bicyclic) bond motifs is 1. The van der Waals surface area contributed by atoms with Crippen LogP contribution < -0.4 is 4.74 Å². The topological polar surface area (TPSA) is 89.0 Å². The average Bonchev–Trinajstić information content (AvgIpc) is 2.68. The smallest absolute Gasteiger partial charge is 0.270 e. The lowest BCUT2D eigenvalue weighted by Gasteiger charge is -1.96. The molecule has 2 aromatic rings. The van der Waals surface area contributed by atoms with Crippen molar-refractivity contribution in [2.75, 3.05) is 6.61 Å². The molecule has 1 aromatic heterocycles. The van der Waals surface area contributed by atoms with Gasteiger partial charge in [-0.25, -0.2) is 0 Å². The highest BCUT2D eigenvalue weighted by atomic mass is 32.1. The zero-order chi connectivity index (χ0) is 11.5. The van der Waals surface area contributed by atoms with Crippen molar-refractivity contribution in [2.45, 2.75) is 0 Å². The van der Waals surface area contributed by atoms with Crippen LogP contribution in [0.15, 0.2) is 18.2 Å². The van der Waals surface area contributed by atoms with Gasteiger partial charge in [0.25, 0.3) is 5.69 Å². The normalized spacial score (nSPS) is 9.94. The molecule has 0 atom stereocenters. The van der Waals surface area contributed by atoms with E-state index in [0.29, 0.717) is 5.39 Å². The quantitative estimate of drug-likeness (QED) is 0.600. The second kappa shape index (κ2) is 4.12. The first-order valence-electron chi connectivity index (χ1n) is 4.26. The minimum absolute atomic E-state index is 0.0190. The van der Waals surface area contributed by atoms with Gasteiger partial charge in [-0.3, -0.25) is 10.1 Å². The molecule has 1 aromatic carbocycles.